The van der Waals surface area contributed by atoms with Gasteiger partial charge >= 0.3 is 0 Å². The van der Waals surface area contributed by atoms with Crippen LogP contribution in [0.2, 0.25) is 0 Å². The van der Waals surface area contributed by atoms with Gasteiger partial charge in [0.25, 0.3) is 11.8 Å². The first-order chi connectivity index (χ1) is 19.2. The number of amides is 2. The SMILES string of the molecule is Cc1ccc(C(=O)NCCCC(C=O)NC(=O)c2ccc(N(C)Cc3cnc4nc(N)nc(N)c4n3)cc2)cc1. The third-order valence-electron chi connectivity index (χ3n) is 6.24. The van der Waals surface area contributed by atoms with Crippen LogP contribution in [0.3, 0.4) is 0 Å². The maximum atomic E-state index is 12.7. The second-order valence-corrected chi connectivity index (χ2v) is 9.38. The van der Waals surface area contributed by atoms with Gasteiger partial charge in [-0.1, -0.05) is 17.7 Å². The van der Waals surface area contributed by atoms with Crippen LogP contribution in [0.15, 0.2) is 54.7 Å². The molecular weight excluding hydrogens is 510 g/mol. The predicted octanol–water partition coefficient (Wildman–Crippen LogP) is 2.04. The maximum Gasteiger partial charge on any atom is 0.251 e. The summed E-state index contributed by atoms with van der Waals surface area (Å²) in [5.41, 5.74) is 15.8. The normalized spacial score (nSPS) is 11.6. The fraction of sp³-hybridized carbons (Fsp3) is 0.250. The number of aryl methyl sites for hydroxylation is 1. The van der Waals surface area contributed by atoms with Crippen molar-refractivity contribution in [2.24, 2.45) is 0 Å². The van der Waals surface area contributed by atoms with Crippen molar-refractivity contribution in [1.82, 2.24) is 30.6 Å². The van der Waals surface area contributed by atoms with Crippen molar-refractivity contribution in [3.8, 4) is 0 Å². The fourth-order valence-corrected chi connectivity index (χ4v) is 4.02. The monoisotopic (exact) mass is 541 g/mol. The molecule has 0 aliphatic carbocycles. The van der Waals surface area contributed by atoms with Crippen LogP contribution < -0.4 is 27.0 Å². The van der Waals surface area contributed by atoms with E-state index >= 15 is 0 Å². The van der Waals surface area contributed by atoms with Crippen LogP contribution in [-0.2, 0) is 11.3 Å². The summed E-state index contributed by atoms with van der Waals surface area (Å²) in [6.45, 7) is 2.77. The lowest BCUT2D eigenvalue weighted by Crippen LogP contribution is -2.36. The molecule has 2 heterocycles. The molecule has 4 aromatic rings. The number of carbonyl (C=O) groups excluding carboxylic acids is 3. The van der Waals surface area contributed by atoms with E-state index in [1.54, 1.807) is 42.6 Å². The zero-order chi connectivity index (χ0) is 28.6. The number of hydrogen-bond acceptors (Lipinski definition) is 10. The first-order valence-corrected chi connectivity index (χ1v) is 12.7. The summed E-state index contributed by atoms with van der Waals surface area (Å²) < 4.78 is 0. The molecule has 0 saturated heterocycles. The first-order valence-electron chi connectivity index (χ1n) is 12.7. The van der Waals surface area contributed by atoms with E-state index in [1.165, 1.54) is 0 Å². The highest BCUT2D eigenvalue weighted by Crippen LogP contribution is 2.19. The predicted molar refractivity (Wildman–Crippen MR) is 153 cm³/mol. The van der Waals surface area contributed by atoms with Crippen LogP contribution in [-0.4, -0.2) is 57.7 Å². The Kier molecular flexibility index (Phi) is 8.79. The van der Waals surface area contributed by atoms with Crippen LogP contribution in [0.5, 0.6) is 0 Å². The number of rotatable bonds is 11. The number of fused-ring (bicyclic) bond motifs is 1. The minimum Gasteiger partial charge on any atom is -0.382 e. The van der Waals surface area contributed by atoms with Crippen molar-refractivity contribution in [1.29, 1.82) is 0 Å². The Balaban J connectivity index is 1.27. The summed E-state index contributed by atoms with van der Waals surface area (Å²) in [5.74, 6) is -0.330. The van der Waals surface area contributed by atoms with E-state index in [0.29, 0.717) is 60.2 Å². The average molecular weight is 542 g/mol. The van der Waals surface area contributed by atoms with Crippen molar-refractivity contribution in [2.45, 2.75) is 32.4 Å². The summed E-state index contributed by atoms with van der Waals surface area (Å²) in [5, 5.41) is 5.57. The molecular formula is C28H31N9O3. The number of nitrogens with two attached hydrogens (primary N) is 2. The molecule has 206 valence electrons. The lowest BCUT2D eigenvalue weighted by molar-refractivity contribution is -0.109. The second kappa shape index (κ2) is 12.6. The van der Waals surface area contributed by atoms with Gasteiger partial charge < -0.3 is 31.8 Å². The molecule has 0 aliphatic rings. The highest BCUT2D eigenvalue weighted by Gasteiger charge is 2.15. The molecule has 0 aliphatic heterocycles. The fourth-order valence-electron chi connectivity index (χ4n) is 4.02. The number of carbonyl (C=O) groups is 3. The Morgan fingerprint density at radius 3 is 2.35 bits per heavy atom. The van der Waals surface area contributed by atoms with Gasteiger partial charge in [-0.2, -0.15) is 9.97 Å². The van der Waals surface area contributed by atoms with Gasteiger partial charge in [0.15, 0.2) is 17.0 Å². The molecule has 2 amide bonds. The van der Waals surface area contributed by atoms with Crippen molar-refractivity contribution in [2.75, 3.05) is 30.0 Å². The highest BCUT2D eigenvalue weighted by molar-refractivity contribution is 5.96. The van der Waals surface area contributed by atoms with Gasteiger partial charge in [0.2, 0.25) is 5.95 Å². The van der Waals surface area contributed by atoms with E-state index < -0.39 is 6.04 Å². The van der Waals surface area contributed by atoms with Crippen molar-refractivity contribution in [3.63, 3.8) is 0 Å². The lowest BCUT2D eigenvalue weighted by Gasteiger charge is -2.19. The van der Waals surface area contributed by atoms with Gasteiger partial charge in [0.05, 0.1) is 24.5 Å². The van der Waals surface area contributed by atoms with E-state index in [1.807, 2.05) is 31.0 Å². The van der Waals surface area contributed by atoms with Crippen molar-refractivity contribution in [3.05, 3.63) is 77.1 Å². The molecule has 40 heavy (non-hydrogen) atoms. The van der Waals surface area contributed by atoms with Crippen molar-refractivity contribution >= 4 is 46.7 Å². The zero-order valence-electron chi connectivity index (χ0n) is 22.3. The zero-order valence-corrected chi connectivity index (χ0v) is 22.3. The average Bonchev–Trinajstić information content (AvgIpc) is 2.95. The maximum absolute atomic E-state index is 12.7. The number of nitrogen functional groups attached to an aromatic ring is 2. The molecule has 0 radical (unpaired) electrons. The van der Waals surface area contributed by atoms with Crippen LogP contribution in [0, 0.1) is 6.92 Å². The summed E-state index contributed by atoms with van der Waals surface area (Å²) in [7, 11) is 1.88. The molecule has 2 aromatic carbocycles. The molecule has 0 saturated carbocycles. The largest absolute Gasteiger partial charge is 0.382 e. The van der Waals surface area contributed by atoms with E-state index in [0.717, 1.165) is 11.3 Å². The summed E-state index contributed by atoms with van der Waals surface area (Å²) in [6.07, 6.45) is 3.24. The number of anilines is 3. The van der Waals surface area contributed by atoms with Crippen LogP contribution >= 0.6 is 0 Å². The molecule has 1 atom stereocenters. The third-order valence-corrected chi connectivity index (χ3v) is 6.24. The van der Waals surface area contributed by atoms with Gasteiger partial charge in [-0.05, 0) is 56.2 Å². The van der Waals surface area contributed by atoms with E-state index in [9.17, 15) is 14.4 Å². The number of hydrogen-bond donors (Lipinski definition) is 4. The number of nitrogens with one attached hydrogen (secondary N) is 2. The Hall–Kier alpha value is -5.13. The van der Waals surface area contributed by atoms with E-state index in [2.05, 4.69) is 30.6 Å². The van der Waals surface area contributed by atoms with Gasteiger partial charge in [-0.3, -0.25) is 9.59 Å². The number of nitrogens with zero attached hydrogens (tertiary/aromatic N) is 5. The van der Waals surface area contributed by atoms with E-state index in [-0.39, 0.29) is 23.6 Å². The number of aromatic nitrogens is 4. The molecule has 0 spiro atoms. The molecule has 2 aromatic heterocycles. The molecule has 0 fully saturated rings. The van der Waals surface area contributed by atoms with Crippen LogP contribution in [0.4, 0.5) is 17.5 Å². The minimum atomic E-state index is -0.663. The summed E-state index contributed by atoms with van der Waals surface area (Å²) in [4.78, 5) is 55.1. The molecule has 12 nitrogen and oxygen atoms in total. The molecule has 12 heteroatoms. The Morgan fingerprint density at radius 2 is 1.65 bits per heavy atom. The lowest BCUT2D eigenvalue weighted by atomic mass is 10.1. The van der Waals surface area contributed by atoms with Gasteiger partial charge in [0, 0.05) is 30.4 Å². The van der Waals surface area contributed by atoms with Crippen LogP contribution in [0.1, 0.15) is 44.8 Å². The van der Waals surface area contributed by atoms with Crippen molar-refractivity contribution < 1.29 is 14.4 Å². The summed E-state index contributed by atoms with van der Waals surface area (Å²) in [6, 6.07) is 13.6. The van der Waals surface area contributed by atoms with Gasteiger partial charge in [-0.15, -0.1) is 0 Å². The Bertz CT molecular complexity index is 1510. The first kappa shape index (κ1) is 27.9. The number of aldehydes is 1. The van der Waals surface area contributed by atoms with E-state index in [4.69, 9.17) is 11.5 Å². The van der Waals surface area contributed by atoms with Crippen LogP contribution in [0.25, 0.3) is 11.2 Å². The Labute approximate surface area is 231 Å². The number of benzene rings is 2. The molecule has 0 bridgehead atoms. The summed E-state index contributed by atoms with van der Waals surface area (Å²) >= 11 is 0. The topological polar surface area (TPSA) is 182 Å². The highest BCUT2D eigenvalue weighted by atomic mass is 16.2. The second-order valence-electron chi connectivity index (χ2n) is 9.38. The van der Waals surface area contributed by atoms with Gasteiger partial charge in [0.1, 0.15) is 6.29 Å². The Morgan fingerprint density at radius 1 is 0.975 bits per heavy atom. The molecule has 1 unspecified atom stereocenters. The standard InChI is InChI=1S/C28H31N9O3/c1-17-5-7-18(8-6-17)26(39)31-13-3-4-20(16-38)34-27(40)19-9-11-22(12-10-19)37(2)15-21-14-32-25-23(33-21)24(29)35-28(30)36-25/h5-12,14,16,20H,3-4,13,15H2,1-2H3,(H,31,39)(H,34,40)(H4,29,30,32,35,36). The third kappa shape index (κ3) is 7.04. The molecule has 6 N–H and O–H groups in total. The minimum absolute atomic E-state index is 0.0372. The quantitative estimate of drug-likeness (QED) is 0.162. The van der Waals surface area contributed by atoms with Gasteiger partial charge in [-0.25, -0.2) is 9.97 Å². The molecule has 4 rings (SSSR count). The smallest absolute Gasteiger partial charge is 0.251 e.